The van der Waals surface area contributed by atoms with Gasteiger partial charge in [0.25, 0.3) is 0 Å². The molecule has 116 valence electrons. The van der Waals surface area contributed by atoms with Crippen molar-refractivity contribution in [2.24, 2.45) is 0 Å². The molecule has 2 aromatic carbocycles. The topological polar surface area (TPSA) is 38.3 Å². The molecule has 0 heterocycles. The van der Waals surface area contributed by atoms with Crippen LogP contribution in [-0.4, -0.2) is 19.6 Å². The Labute approximate surface area is 132 Å². The summed E-state index contributed by atoms with van der Waals surface area (Å²) < 4.78 is 5.23. The van der Waals surface area contributed by atoms with Crippen molar-refractivity contribution in [3.63, 3.8) is 0 Å². The van der Waals surface area contributed by atoms with Crippen LogP contribution in [0.1, 0.15) is 23.1 Å². The molecule has 0 atom stereocenters. The highest BCUT2D eigenvalue weighted by Crippen LogP contribution is 2.18. The fourth-order valence-corrected chi connectivity index (χ4v) is 2.46. The van der Waals surface area contributed by atoms with E-state index in [0.29, 0.717) is 13.0 Å². The molecule has 0 unspecified atom stereocenters. The van der Waals surface area contributed by atoms with Gasteiger partial charge in [-0.3, -0.25) is 4.79 Å². The average molecular weight is 297 g/mol. The van der Waals surface area contributed by atoms with Crippen molar-refractivity contribution in [1.82, 2.24) is 5.32 Å². The van der Waals surface area contributed by atoms with Gasteiger partial charge >= 0.3 is 0 Å². The van der Waals surface area contributed by atoms with Crippen molar-refractivity contribution >= 4 is 5.91 Å². The molecule has 0 aliphatic heterocycles. The summed E-state index contributed by atoms with van der Waals surface area (Å²) in [5.74, 6) is 0.921. The third-order valence-corrected chi connectivity index (χ3v) is 3.63. The van der Waals surface area contributed by atoms with Crippen molar-refractivity contribution in [1.29, 1.82) is 0 Å². The molecule has 2 rings (SSSR count). The minimum Gasteiger partial charge on any atom is -0.496 e. The van der Waals surface area contributed by atoms with Crippen LogP contribution >= 0.6 is 0 Å². The molecule has 2 aromatic rings. The van der Waals surface area contributed by atoms with E-state index in [0.717, 1.165) is 29.7 Å². The molecular formula is C19H23NO2. The molecule has 0 aliphatic carbocycles. The lowest BCUT2D eigenvalue weighted by Crippen LogP contribution is -2.26. The minimum absolute atomic E-state index is 0.0672. The Morgan fingerprint density at radius 1 is 1.09 bits per heavy atom. The first-order valence-electron chi connectivity index (χ1n) is 7.63. The predicted molar refractivity (Wildman–Crippen MR) is 89.2 cm³/mol. The van der Waals surface area contributed by atoms with Gasteiger partial charge < -0.3 is 10.1 Å². The van der Waals surface area contributed by atoms with Crippen LogP contribution in [0.15, 0.2) is 48.5 Å². The highest BCUT2D eigenvalue weighted by molar-refractivity contribution is 5.78. The van der Waals surface area contributed by atoms with E-state index in [1.54, 1.807) is 7.11 Å². The zero-order valence-electron chi connectivity index (χ0n) is 13.3. The molecule has 0 radical (unpaired) electrons. The normalized spacial score (nSPS) is 10.3. The Morgan fingerprint density at radius 3 is 2.55 bits per heavy atom. The maximum atomic E-state index is 11.9. The maximum Gasteiger partial charge on any atom is 0.224 e. The number of ether oxygens (including phenoxy) is 1. The highest BCUT2D eigenvalue weighted by Gasteiger charge is 2.05. The van der Waals surface area contributed by atoms with E-state index in [4.69, 9.17) is 4.74 Å². The number of amides is 1. The molecule has 0 saturated heterocycles. The summed E-state index contributed by atoms with van der Waals surface area (Å²) in [7, 11) is 1.65. The van der Waals surface area contributed by atoms with E-state index in [2.05, 4.69) is 17.4 Å². The smallest absolute Gasteiger partial charge is 0.224 e. The standard InChI is InChI=1S/C19H23NO2/c1-15-13-17(10-11-18(15)22-2)14-19(21)20-12-6-9-16-7-4-3-5-8-16/h3-5,7-8,10-11,13H,6,9,12,14H2,1-2H3,(H,20,21). The van der Waals surface area contributed by atoms with E-state index in [1.165, 1.54) is 5.56 Å². The van der Waals surface area contributed by atoms with Gasteiger partial charge in [-0.25, -0.2) is 0 Å². The highest BCUT2D eigenvalue weighted by atomic mass is 16.5. The second-order valence-electron chi connectivity index (χ2n) is 5.42. The summed E-state index contributed by atoms with van der Waals surface area (Å²) in [5.41, 5.74) is 3.37. The first-order valence-corrected chi connectivity index (χ1v) is 7.63. The van der Waals surface area contributed by atoms with Gasteiger partial charge in [-0.15, -0.1) is 0 Å². The Hall–Kier alpha value is -2.29. The fourth-order valence-electron chi connectivity index (χ4n) is 2.46. The van der Waals surface area contributed by atoms with Crippen molar-refractivity contribution in [3.8, 4) is 5.75 Å². The fraction of sp³-hybridized carbons (Fsp3) is 0.316. The molecule has 3 heteroatoms. The Morgan fingerprint density at radius 2 is 1.86 bits per heavy atom. The molecular weight excluding hydrogens is 274 g/mol. The summed E-state index contributed by atoms with van der Waals surface area (Å²) in [6.45, 7) is 2.70. The van der Waals surface area contributed by atoms with Crippen LogP contribution in [0.5, 0.6) is 5.75 Å². The number of carbonyl (C=O) groups excluding carboxylic acids is 1. The molecule has 0 spiro atoms. The van der Waals surface area contributed by atoms with E-state index < -0.39 is 0 Å². The number of aryl methyl sites for hydroxylation is 2. The largest absolute Gasteiger partial charge is 0.496 e. The predicted octanol–water partition coefficient (Wildman–Crippen LogP) is 3.30. The monoisotopic (exact) mass is 297 g/mol. The van der Waals surface area contributed by atoms with E-state index in [-0.39, 0.29) is 5.91 Å². The molecule has 0 bridgehead atoms. The number of benzene rings is 2. The van der Waals surface area contributed by atoms with Gasteiger partial charge in [0.1, 0.15) is 5.75 Å². The Kier molecular flexibility index (Phi) is 6.01. The summed E-state index contributed by atoms with van der Waals surface area (Å²) in [6, 6.07) is 16.2. The van der Waals surface area contributed by atoms with E-state index in [9.17, 15) is 4.79 Å². The van der Waals surface area contributed by atoms with Crippen molar-refractivity contribution in [3.05, 3.63) is 65.2 Å². The number of nitrogens with one attached hydrogen (secondary N) is 1. The van der Waals surface area contributed by atoms with Crippen molar-refractivity contribution in [2.75, 3.05) is 13.7 Å². The molecule has 1 amide bonds. The zero-order chi connectivity index (χ0) is 15.8. The quantitative estimate of drug-likeness (QED) is 0.796. The molecule has 22 heavy (non-hydrogen) atoms. The van der Waals surface area contributed by atoms with E-state index >= 15 is 0 Å². The first-order chi connectivity index (χ1) is 10.7. The summed E-state index contributed by atoms with van der Waals surface area (Å²) in [5, 5.41) is 2.98. The molecule has 0 aromatic heterocycles. The van der Waals surface area contributed by atoms with Crippen molar-refractivity contribution < 1.29 is 9.53 Å². The molecule has 1 N–H and O–H groups in total. The number of rotatable bonds is 7. The van der Waals surface area contributed by atoms with E-state index in [1.807, 2.05) is 43.3 Å². The average Bonchev–Trinajstić information content (AvgIpc) is 2.53. The number of methoxy groups -OCH3 is 1. The van der Waals surface area contributed by atoms with Crippen LogP contribution in [0, 0.1) is 6.92 Å². The van der Waals surface area contributed by atoms with Crippen LogP contribution in [0.2, 0.25) is 0 Å². The molecule has 0 aliphatic rings. The number of hydrogen-bond donors (Lipinski definition) is 1. The number of carbonyl (C=O) groups is 1. The zero-order valence-corrected chi connectivity index (χ0v) is 13.3. The second-order valence-corrected chi connectivity index (χ2v) is 5.42. The lowest BCUT2D eigenvalue weighted by atomic mass is 10.1. The van der Waals surface area contributed by atoms with Crippen LogP contribution in [0.25, 0.3) is 0 Å². The lowest BCUT2D eigenvalue weighted by Gasteiger charge is -2.08. The molecule has 0 saturated carbocycles. The second kappa shape index (κ2) is 8.23. The Bertz CT molecular complexity index is 608. The third-order valence-electron chi connectivity index (χ3n) is 3.63. The van der Waals surface area contributed by atoms with Gasteiger partial charge in [-0.2, -0.15) is 0 Å². The van der Waals surface area contributed by atoms with Crippen LogP contribution in [0.4, 0.5) is 0 Å². The minimum atomic E-state index is 0.0672. The van der Waals surface area contributed by atoms with Gasteiger partial charge in [-0.1, -0.05) is 42.5 Å². The SMILES string of the molecule is COc1ccc(CC(=O)NCCCc2ccccc2)cc1C. The Balaban J connectivity index is 1.73. The number of hydrogen-bond acceptors (Lipinski definition) is 2. The summed E-state index contributed by atoms with van der Waals surface area (Å²) >= 11 is 0. The molecule has 3 nitrogen and oxygen atoms in total. The van der Waals surface area contributed by atoms with Crippen LogP contribution in [-0.2, 0) is 17.6 Å². The van der Waals surface area contributed by atoms with Gasteiger partial charge in [0, 0.05) is 6.54 Å². The van der Waals surface area contributed by atoms with Crippen molar-refractivity contribution in [2.45, 2.75) is 26.2 Å². The summed E-state index contributed by atoms with van der Waals surface area (Å²) in [4.78, 5) is 11.9. The van der Waals surface area contributed by atoms with Crippen LogP contribution in [0.3, 0.4) is 0 Å². The maximum absolute atomic E-state index is 11.9. The van der Waals surface area contributed by atoms with Gasteiger partial charge in [-0.05, 0) is 42.5 Å². The third kappa shape index (κ3) is 4.92. The van der Waals surface area contributed by atoms with Gasteiger partial charge in [0.15, 0.2) is 0 Å². The van der Waals surface area contributed by atoms with Gasteiger partial charge in [0.05, 0.1) is 13.5 Å². The van der Waals surface area contributed by atoms with Gasteiger partial charge in [0.2, 0.25) is 5.91 Å². The molecule has 0 fully saturated rings. The first kappa shape index (κ1) is 16.1. The lowest BCUT2D eigenvalue weighted by molar-refractivity contribution is -0.120. The van der Waals surface area contributed by atoms with Crippen LogP contribution < -0.4 is 10.1 Å². The summed E-state index contributed by atoms with van der Waals surface area (Å²) in [6.07, 6.45) is 2.36.